The molecule has 0 fully saturated rings. The first kappa shape index (κ1) is 18.2. The number of esters is 1. The van der Waals surface area contributed by atoms with Gasteiger partial charge in [-0.25, -0.2) is 17.9 Å². The summed E-state index contributed by atoms with van der Waals surface area (Å²) in [5.41, 5.74) is 1.80. The lowest BCUT2D eigenvalue weighted by Gasteiger charge is -2.07. The predicted octanol–water partition coefficient (Wildman–Crippen LogP) is 1.20. The average Bonchev–Trinajstić information content (AvgIpc) is 3.27. The molecule has 0 unspecified atom stereocenters. The number of methoxy groups -OCH3 is 1. The molecule has 3 aromatic heterocycles. The Balaban J connectivity index is 1.80. The van der Waals surface area contributed by atoms with Crippen molar-refractivity contribution in [3.8, 4) is 11.4 Å². The third-order valence-electron chi connectivity index (χ3n) is 3.54. The van der Waals surface area contributed by atoms with E-state index in [0.29, 0.717) is 17.1 Å². The van der Waals surface area contributed by atoms with Crippen LogP contribution in [0.25, 0.3) is 11.4 Å². The third kappa shape index (κ3) is 3.64. The van der Waals surface area contributed by atoms with Gasteiger partial charge in [-0.1, -0.05) is 0 Å². The Morgan fingerprint density at radius 1 is 1.35 bits per heavy atom. The van der Waals surface area contributed by atoms with Crippen LogP contribution in [0.15, 0.2) is 41.0 Å². The second-order valence-corrected chi connectivity index (χ2v) is 7.82. The van der Waals surface area contributed by atoms with E-state index in [1.165, 1.54) is 18.6 Å². The molecular formula is C15H15N5O4S2. The molecule has 11 heteroatoms. The molecule has 3 heterocycles. The van der Waals surface area contributed by atoms with Gasteiger partial charge < -0.3 is 4.74 Å². The molecule has 136 valence electrons. The Hall–Kier alpha value is -2.63. The highest BCUT2D eigenvalue weighted by atomic mass is 32.2. The quantitative estimate of drug-likeness (QED) is 0.626. The van der Waals surface area contributed by atoms with Gasteiger partial charge >= 0.3 is 5.97 Å². The van der Waals surface area contributed by atoms with E-state index in [1.54, 1.807) is 36.4 Å². The summed E-state index contributed by atoms with van der Waals surface area (Å²) in [7, 11) is -0.976. The molecule has 0 radical (unpaired) electrons. The molecule has 0 bridgehead atoms. The molecule has 0 saturated carbocycles. The molecule has 0 atom stereocenters. The SMILES string of the molecule is COC(=O)c1sccc1S(=O)(=O)NCc1cc(-c2cnccn2)nn1C. The van der Waals surface area contributed by atoms with Crippen LogP contribution in [0.5, 0.6) is 0 Å². The Morgan fingerprint density at radius 3 is 2.85 bits per heavy atom. The zero-order valence-electron chi connectivity index (χ0n) is 13.9. The maximum atomic E-state index is 12.5. The highest BCUT2D eigenvalue weighted by Crippen LogP contribution is 2.23. The highest BCUT2D eigenvalue weighted by Gasteiger charge is 2.24. The van der Waals surface area contributed by atoms with Crippen molar-refractivity contribution in [2.45, 2.75) is 11.4 Å². The number of thiophene rings is 1. The fourth-order valence-electron chi connectivity index (χ4n) is 2.23. The minimum atomic E-state index is -3.88. The van der Waals surface area contributed by atoms with Gasteiger partial charge in [-0.2, -0.15) is 5.10 Å². The van der Waals surface area contributed by atoms with E-state index in [4.69, 9.17) is 0 Å². The van der Waals surface area contributed by atoms with Crippen LogP contribution in [0.2, 0.25) is 0 Å². The van der Waals surface area contributed by atoms with Gasteiger partial charge in [0.25, 0.3) is 0 Å². The second kappa shape index (κ2) is 7.32. The van der Waals surface area contributed by atoms with Crippen molar-refractivity contribution in [2.75, 3.05) is 7.11 Å². The Bertz CT molecular complexity index is 1030. The topological polar surface area (TPSA) is 116 Å². The Morgan fingerprint density at radius 2 is 2.15 bits per heavy atom. The largest absolute Gasteiger partial charge is 0.465 e. The maximum Gasteiger partial charge on any atom is 0.349 e. The summed E-state index contributed by atoms with van der Waals surface area (Å²) in [5, 5.41) is 5.84. The number of sulfonamides is 1. The Labute approximate surface area is 153 Å². The summed E-state index contributed by atoms with van der Waals surface area (Å²) >= 11 is 1.01. The van der Waals surface area contributed by atoms with Crippen molar-refractivity contribution in [1.29, 1.82) is 0 Å². The molecule has 0 amide bonds. The van der Waals surface area contributed by atoms with Gasteiger partial charge in [-0.3, -0.25) is 14.6 Å². The lowest BCUT2D eigenvalue weighted by Crippen LogP contribution is -2.25. The summed E-state index contributed by atoms with van der Waals surface area (Å²) in [5.74, 6) is -0.689. The molecule has 0 spiro atoms. The van der Waals surface area contributed by atoms with Crippen molar-refractivity contribution in [1.82, 2.24) is 24.5 Å². The summed E-state index contributed by atoms with van der Waals surface area (Å²) in [6.07, 6.45) is 4.68. The van der Waals surface area contributed by atoms with Crippen molar-refractivity contribution in [3.63, 3.8) is 0 Å². The molecule has 0 aliphatic rings. The highest BCUT2D eigenvalue weighted by molar-refractivity contribution is 7.89. The first-order valence-electron chi connectivity index (χ1n) is 7.37. The van der Waals surface area contributed by atoms with E-state index < -0.39 is 16.0 Å². The fraction of sp³-hybridized carbons (Fsp3) is 0.200. The van der Waals surface area contributed by atoms with E-state index in [-0.39, 0.29) is 16.3 Å². The summed E-state index contributed by atoms with van der Waals surface area (Å²) < 4.78 is 33.7. The number of aryl methyl sites for hydroxylation is 1. The zero-order chi connectivity index (χ0) is 18.7. The zero-order valence-corrected chi connectivity index (χ0v) is 15.5. The van der Waals surface area contributed by atoms with Crippen molar-refractivity contribution >= 4 is 27.3 Å². The van der Waals surface area contributed by atoms with E-state index in [0.717, 1.165) is 11.3 Å². The number of nitrogens with one attached hydrogen (secondary N) is 1. The molecule has 0 aliphatic heterocycles. The molecule has 0 aliphatic carbocycles. The predicted molar refractivity (Wildman–Crippen MR) is 93.9 cm³/mol. The van der Waals surface area contributed by atoms with E-state index in [1.807, 2.05) is 0 Å². The van der Waals surface area contributed by atoms with Gasteiger partial charge in [0.2, 0.25) is 10.0 Å². The van der Waals surface area contributed by atoms with Gasteiger partial charge in [0.15, 0.2) is 0 Å². The molecule has 1 N–H and O–H groups in total. The van der Waals surface area contributed by atoms with Crippen LogP contribution in [-0.4, -0.2) is 41.2 Å². The summed E-state index contributed by atoms with van der Waals surface area (Å²) in [6, 6.07) is 3.09. The molecule has 0 saturated heterocycles. The lowest BCUT2D eigenvalue weighted by molar-refractivity contribution is 0.0602. The number of aromatic nitrogens is 4. The number of ether oxygens (including phenoxy) is 1. The summed E-state index contributed by atoms with van der Waals surface area (Å²) in [6.45, 7) is 0.00253. The standard InChI is InChI=1S/C15H15N5O4S2/c1-20-10(7-11(19-20)12-9-16-4-5-17-12)8-18-26(22,23)13-3-6-25-14(13)15(21)24-2/h3-7,9,18H,8H2,1-2H3. The monoisotopic (exact) mass is 393 g/mol. The van der Waals surface area contributed by atoms with Crippen molar-refractivity contribution < 1.29 is 17.9 Å². The van der Waals surface area contributed by atoms with Crippen LogP contribution >= 0.6 is 11.3 Å². The van der Waals surface area contributed by atoms with Crippen molar-refractivity contribution in [3.05, 3.63) is 46.7 Å². The van der Waals surface area contributed by atoms with Crippen LogP contribution in [0.3, 0.4) is 0 Å². The van der Waals surface area contributed by atoms with Crippen LogP contribution in [-0.2, 0) is 28.4 Å². The molecule has 9 nitrogen and oxygen atoms in total. The first-order chi connectivity index (χ1) is 12.4. The smallest absolute Gasteiger partial charge is 0.349 e. The molecular weight excluding hydrogens is 378 g/mol. The number of nitrogens with zero attached hydrogens (tertiary/aromatic N) is 4. The van der Waals surface area contributed by atoms with Crippen LogP contribution in [0, 0.1) is 0 Å². The first-order valence-corrected chi connectivity index (χ1v) is 9.73. The number of carbonyl (C=O) groups is 1. The van der Waals surface area contributed by atoms with E-state index in [9.17, 15) is 13.2 Å². The molecule has 26 heavy (non-hydrogen) atoms. The van der Waals surface area contributed by atoms with Gasteiger partial charge in [0.05, 0.1) is 25.5 Å². The van der Waals surface area contributed by atoms with Crippen molar-refractivity contribution in [2.24, 2.45) is 7.05 Å². The fourth-order valence-corrected chi connectivity index (χ4v) is 4.56. The number of rotatable bonds is 6. The summed E-state index contributed by atoms with van der Waals surface area (Å²) in [4.78, 5) is 19.8. The lowest BCUT2D eigenvalue weighted by atomic mass is 10.3. The van der Waals surface area contributed by atoms with Gasteiger partial charge in [-0.15, -0.1) is 11.3 Å². The minimum absolute atomic E-state index is 0.00253. The molecule has 0 aromatic carbocycles. The third-order valence-corrected chi connectivity index (χ3v) is 6.00. The van der Waals surface area contributed by atoms with Crippen LogP contribution in [0.1, 0.15) is 15.4 Å². The Kier molecular flexibility index (Phi) is 5.11. The van der Waals surface area contributed by atoms with Crippen LogP contribution in [0.4, 0.5) is 0 Å². The normalized spacial score (nSPS) is 11.5. The number of hydrogen-bond donors (Lipinski definition) is 1. The number of hydrogen-bond acceptors (Lipinski definition) is 8. The minimum Gasteiger partial charge on any atom is -0.465 e. The molecule has 3 rings (SSSR count). The second-order valence-electron chi connectivity index (χ2n) is 5.17. The van der Waals surface area contributed by atoms with E-state index >= 15 is 0 Å². The van der Waals surface area contributed by atoms with Gasteiger partial charge in [0.1, 0.15) is 21.2 Å². The maximum absolute atomic E-state index is 12.5. The average molecular weight is 393 g/mol. The van der Waals surface area contributed by atoms with E-state index in [2.05, 4.69) is 24.5 Å². The van der Waals surface area contributed by atoms with Gasteiger partial charge in [0, 0.05) is 19.4 Å². The van der Waals surface area contributed by atoms with Gasteiger partial charge in [-0.05, 0) is 17.5 Å². The molecule has 3 aromatic rings. The van der Waals surface area contributed by atoms with Crippen LogP contribution < -0.4 is 4.72 Å². The number of carbonyl (C=O) groups excluding carboxylic acids is 1.